The highest BCUT2D eigenvalue weighted by Gasteiger charge is 2.40. The first-order valence-electron chi connectivity index (χ1n) is 5.47. The van der Waals surface area contributed by atoms with E-state index in [0.717, 1.165) is 17.5 Å². The predicted molar refractivity (Wildman–Crippen MR) is 55.9 cm³/mol. The molecule has 0 aromatic rings. The van der Waals surface area contributed by atoms with Gasteiger partial charge in [-0.25, -0.2) is 5.43 Å². The first-order valence-corrected chi connectivity index (χ1v) is 5.47. The summed E-state index contributed by atoms with van der Waals surface area (Å²) in [6.45, 7) is 3.54. The van der Waals surface area contributed by atoms with E-state index in [4.69, 9.17) is 0 Å². The third-order valence-corrected chi connectivity index (χ3v) is 3.66. The molecule has 3 nitrogen and oxygen atoms in total. The van der Waals surface area contributed by atoms with Crippen molar-refractivity contribution in [2.24, 2.45) is 22.9 Å². The lowest BCUT2D eigenvalue weighted by Crippen LogP contribution is -2.23. The molecule has 0 heterocycles. The van der Waals surface area contributed by atoms with Crippen LogP contribution in [0.4, 0.5) is 0 Å². The Hall–Kier alpha value is -0.860. The fourth-order valence-corrected chi connectivity index (χ4v) is 3.01. The van der Waals surface area contributed by atoms with Gasteiger partial charge in [0, 0.05) is 18.6 Å². The molecule has 0 aliphatic heterocycles. The highest BCUT2D eigenvalue weighted by molar-refractivity contribution is 5.86. The van der Waals surface area contributed by atoms with Crippen molar-refractivity contribution in [2.45, 2.75) is 39.5 Å². The zero-order valence-electron chi connectivity index (χ0n) is 8.92. The minimum absolute atomic E-state index is 0.0764. The summed E-state index contributed by atoms with van der Waals surface area (Å²) in [4.78, 5) is 10.7. The third kappa shape index (κ3) is 1.81. The van der Waals surface area contributed by atoms with Gasteiger partial charge in [-0.3, -0.25) is 4.79 Å². The number of nitrogens with zero attached hydrogens (tertiary/aromatic N) is 1. The van der Waals surface area contributed by atoms with Crippen molar-refractivity contribution in [3.8, 4) is 0 Å². The number of amides is 1. The summed E-state index contributed by atoms with van der Waals surface area (Å²) in [5.74, 6) is 2.35. The summed E-state index contributed by atoms with van der Waals surface area (Å²) >= 11 is 0. The zero-order chi connectivity index (χ0) is 10.1. The number of carbonyl (C=O) groups excluding carboxylic acids is 1. The van der Waals surface area contributed by atoms with Crippen LogP contribution in [0.1, 0.15) is 39.5 Å². The summed E-state index contributed by atoms with van der Waals surface area (Å²) in [7, 11) is 0. The van der Waals surface area contributed by atoms with Gasteiger partial charge in [-0.05, 0) is 38.0 Å². The first kappa shape index (κ1) is 9.69. The van der Waals surface area contributed by atoms with Crippen molar-refractivity contribution in [2.75, 3.05) is 0 Å². The average Bonchev–Trinajstić information content (AvgIpc) is 2.74. The van der Waals surface area contributed by atoms with Crippen LogP contribution in [0.15, 0.2) is 5.10 Å². The molecule has 3 atom stereocenters. The van der Waals surface area contributed by atoms with Gasteiger partial charge in [0.05, 0.1) is 0 Å². The molecule has 3 heteroatoms. The molecule has 2 bridgehead atoms. The quantitative estimate of drug-likeness (QED) is 0.529. The Bertz CT molecular complexity index is 272. The van der Waals surface area contributed by atoms with E-state index in [2.05, 4.69) is 10.5 Å². The fourth-order valence-electron chi connectivity index (χ4n) is 3.01. The number of fused-ring (bicyclic) bond motifs is 2. The number of hydrogen-bond acceptors (Lipinski definition) is 2. The molecule has 14 heavy (non-hydrogen) atoms. The summed E-state index contributed by atoms with van der Waals surface area (Å²) in [6.07, 6.45) is 5.45. The number of carbonyl (C=O) groups is 1. The van der Waals surface area contributed by atoms with E-state index < -0.39 is 0 Å². The van der Waals surface area contributed by atoms with Crippen LogP contribution < -0.4 is 5.43 Å². The average molecular weight is 194 g/mol. The van der Waals surface area contributed by atoms with Gasteiger partial charge < -0.3 is 0 Å². The van der Waals surface area contributed by atoms with Gasteiger partial charge in [-0.2, -0.15) is 5.10 Å². The Kier molecular flexibility index (Phi) is 2.57. The van der Waals surface area contributed by atoms with Crippen molar-refractivity contribution in [3.63, 3.8) is 0 Å². The molecule has 0 aromatic heterocycles. The van der Waals surface area contributed by atoms with E-state index in [1.54, 1.807) is 0 Å². The number of rotatable bonds is 2. The van der Waals surface area contributed by atoms with Gasteiger partial charge in [0.15, 0.2) is 0 Å². The van der Waals surface area contributed by atoms with E-state index in [9.17, 15) is 4.79 Å². The van der Waals surface area contributed by atoms with Crippen LogP contribution in [0.2, 0.25) is 0 Å². The van der Waals surface area contributed by atoms with Crippen molar-refractivity contribution in [1.29, 1.82) is 0 Å². The minimum atomic E-state index is -0.0764. The lowest BCUT2D eigenvalue weighted by Gasteiger charge is -2.20. The lowest BCUT2D eigenvalue weighted by molar-refractivity contribution is -0.118. The maximum Gasteiger partial charge on any atom is 0.236 e. The van der Waals surface area contributed by atoms with Crippen LogP contribution in [0.25, 0.3) is 0 Å². The Morgan fingerprint density at radius 1 is 1.29 bits per heavy atom. The van der Waals surface area contributed by atoms with Gasteiger partial charge >= 0.3 is 0 Å². The Balaban J connectivity index is 1.95. The molecule has 1 N–H and O–H groups in total. The molecule has 0 unspecified atom stereocenters. The van der Waals surface area contributed by atoms with Crippen molar-refractivity contribution in [3.05, 3.63) is 0 Å². The van der Waals surface area contributed by atoms with Gasteiger partial charge in [-0.1, -0.05) is 6.42 Å². The molecular formula is C11H18N2O. The largest absolute Gasteiger partial charge is 0.274 e. The van der Waals surface area contributed by atoms with Crippen LogP contribution >= 0.6 is 0 Å². The molecule has 2 fully saturated rings. The minimum Gasteiger partial charge on any atom is -0.274 e. The van der Waals surface area contributed by atoms with Crippen LogP contribution in [0.3, 0.4) is 0 Å². The maximum atomic E-state index is 10.7. The van der Waals surface area contributed by atoms with E-state index in [1.165, 1.54) is 32.6 Å². The second-order valence-corrected chi connectivity index (χ2v) is 4.70. The summed E-state index contributed by atoms with van der Waals surface area (Å²) in [6, 6.07) is 0. The summed E-state index contributed by atoms with van der Waals surface area (Å²) in [5, 5.41) is 4.14. The summed E-state index contributed by atoms with van der Waals surface area (Å²) < 4.78 is 0. The molecule has 0 spiro atoms. The second kappa shape index (κ2) is 3.71. The Morgan fingerprint density at radius 2 is 2.07 bits per heavy atom. The molecule has 78 valence electrons. The first-order chi connectivity index (χ1) is 6.66. The van der Waals surface area contributed by atoms with Gasteiger partial charge in [0.2, 0.25) is 5.91 Å². The van der Waals surface area contributed by atoms with E-state index in [-0.39, 0.29) is 5.91 Å². The molecule has 0 radical (unpaired) electrons. The molecule has 2 aliphatic carbocycles. The van der Waals surface area contributed by atoms with Gasteiger partial charge in [0.1, 0.15) is 0 Å². The lowest BCUT2D eigenvalue weighted by atomic mass is 9.86. The van der Waals surface area contributed by atoms with Crippen LogP contribution in [-0.2, 0) is 4.79 Å². The maximum absolute atomic E-state index is 10.7. The zero-order valence-corrected chi connectivity index (χ0v) is 8.92. The van der Waals surface area contributed by atoms with Gasteiger partial charge in [0.25, 0.3) is 0 Å². The summed E-state index contributed by atoms with van der Waals surface area (Å²) in [5.41, 5.74) is 3.65. The van der Waals surface area contributed by atoms with E-state index in [1.807, 2.05) is 6.92 Å². The van der Waals surface area contributed by atoms with E-state index in [0.29, 0.717) is 5.92 Å². The highest BCUT2D eigenvalue weighted by atomic mass is 16.2. The number of nitrogens with one attached hydrogen (secondary N) is 1. The second-order valence-electron chi connectivity index (χ2n) is 4.70. The van der Waals surface area contributed by atoms with Crippen LogP contribution in [0, 0.1) is 17.8 Å². The van der Waals surface area contributed by atoms with Crippen molar-refractivity contribution in [1.82, 2.24) is 5.43 Å². The fraction of sp³-hybridized carbons (Fsp3) is 0.818. The molecule has 1 amide bonds. The van der Waals surface area contributed by atoms with Crippen molar-refractivity contribution < 1.29 is 4.79 Å². The van der Waals surface area contributed by atoms with Gasteiger partial charge in [-0.15, -0.1) is 0 Å². The SMILES string of the molecule is CC(=O)N/N=C(/C)[C@H]1C[C@@H]2CC[C@@H]1C2. The normalized spacial score (nSPS) is 36.1. The Labute approximate surface area is 85.0 Å². The molecule has 0 saturated heterocycles. The van der Waals surface area contributed by atoms with Crippen LogP contribution in [0.5, 0.6) is 0 Å². The smallest absolute Gasteiger partial charge is 0.236 e. The molecule has 2 aliphatic rings. The molecule has 2 rings (SSSR count). The highest BCUT2D eigenvalue weighted by Crippen LogP contribution is 2.48. The molecular weight excluding hydrogens is 176 g/mol. The number of hydrogen-bond donors (Lipinski definition) is 1. The van der Waals surface area contributed by atoms with E-state index >= 15 is 0 Å². The van der Waals surface area contributed by atoms with Crippen LogP contribution in [-0.4, -0.2) is 11.6 Å². The third-order valence-electron chi connectivity index (χ3n) is 3.66. The topological polar surface area (TPSA) is 41.5 Å². The molecule has 2 saturated carbocycles. The molecule has 0 aromatic carbocycles. The Morgan fingerprint density at radius 3 is 2.57 bits per heavy atom. The predicted octanol–water partition coefficient (Wildman–Crippen LogP) is 1.93. The standard InChI is InChI=1S/C11H18N2O/c1-7(12-13-8(2)14)11-6-9-3-4-10(11)5-9/h9-11H,3-6H2,1-2H3,(H,13,14)/b12-7-/t9-,10-,11-/m1/s1. The van der Waals surface area contributed by atoms with Crippen molar-refractivity contribution >= 4 is 11.6 Å². The number of hydrazone groups is 1. The monoisotopic (exact) mass is 194 g/mol.